The number of hydrogen-bond donors (Lipinski definition) is 2. The molecule has 1 aromatic carbocycles. The molecule has 90 valence electrons. The molecule has 2 nitrogen and oxygen atoms in total. The van der Waals surface area contributed by atoms with Crippen molar-refractivity contribution in [3.63, 3.8) is 0 Å². The van der Waals surface area contributed by atoms with Gasteiger partial charge in [0.15, 0.2) is 0 Å². The van der Waals surface area contributed by atoms with Crippen molar-refractivity contribution >= 4 is 11.8 Å². The summed E-state index contributed by atoms with van der Waals surface area (Å²) >= 11 is 1.44. The summed E-state index contributed by atoms with van der Waals surface area (Å²) in [5.41, 5.74) is 6.48. The third kappa shape index (κ3) is 3.77. The van der Waals surface area contributed by atoms with Crippen LogP contribution in [0.25, 0.3) is 0 Å². The molecule has 0 spiro atoms. The van der Waals surface area contributed by atoms with Crippen molar-refractivity contribution in [3.8, 4) is 0 Å². The van der Waals surface area contributed by atoms with Crippen LogP contribution in [0.4, 0.5) is 4.39 Å². The fourth-order valence-corrected chi connectivity index (χ4v) is 2.33. The van der Waals surface area contributed by atoms with Crippen LogP contribution in [0.2, 0.25) is 0 Å². The summed E-state index contributed by atoms with van der Waals surface area (Å²) in [6.45, 7) is 3.93. The van der Waals surface area contributed by atoms with E-state index in [1.54, 1.807) is 6.07 Å². The van der Waals surface area contributed by atoms with E-state index in [0.29, 0.717) is 11.3 Å². The maximum atomic E-state index is 13.7. The molecule has 1 unspecified atom stereocenters. The lowest BCUT2D eigenvalue weighted by atomic mass is 10.1. The molecule has 1 rings (SSSR count). The van der Waals surface area contributed by atoms with Gasteiger partial charge in [-0.05, 0) is 31.0 Å². The number of benzene rings is 1. The van der Waals surface area contributed by atoms with E-state index >= 15 is 0 Å². The summed E-state index contributed by atoms with van der Waals surface area (Å²) in [6, 6.07) is 4.94. The lowest BCUT2D eigenvalue weighted by Gasteiger charge is -2.12. The Hall–Kier alpha value is -0.580. The minimum Gasteiger partial charge on any atom is -0.396 e. The average Bonchev–Trinajstić information content (AvgIpc) is 2.21. The lowest BCUT2D eigenvalue weighted by Crippen LogP contribution is -2.06. The van der Waals surface area contributed by atoms with Gasteiger partial charge in [0.1, 0.15) is 5.82 Å². The van der Waals surface area contributed by atoms with Gasteiger partial charge in [0.2, 0.25) is 0 Å². The highest BCUT2D eigenvalue weighted by Crippen LogP contribution is 2.28. The molecule has 1 aromatic rings. The van der Waals surface area contributed by atoms with Crippen LogP contribution in [0.5, 0.6) is 0 Å². The summed E-state index contributed by atoms with van der Waals surface area (Å²) in [6.07, 6.45) is 0.666. The Morgan fingerprint density at radius 2 is 2.12 bits per heavy atom. The van der Waals surface area contributed by atoms with Gasteiger partial charge in [-0.3, -0.25) is 0 Å². The van der Waals surface area contributed by atoms with E-state index in [1.807, 2.05) is 19.9 Å². The SMILES string of the molecule is CC(CCO)Sc1ccc([C@H](C)N)cc1F. The van der Waals surface area contributed by atoms with E-state index in [0.717, 1.165) is 5.56 Å². The molecule has 0 bridgehead atoms. The van der Waals surface area contributed by atoms with Gasteiger partial charge >= 0.3 is 0 Å². The molecule has 2 atom stereocenters. The minimum atomic E-state index is -0.232. The largest absolute Gasteiger partial charge is 0.396 e. The normalized spacial score (nSPS) is 14.8. The van der Waals surface area contributed by atoms with Crippen LogP contribution < -0.4 is 5.73 Å². The number of hydrogen-bond acceptors (Lipinski definition) is 3. The molecular formula is C12H18FNOS. The fourth-order valence-electron chi connectivity index (χ4n) is 1.35. The zero-order chi connectivity index (χ0) is 12.1. The number of thioether (sulfide) groups is 1. The smallest absolute Gasteiger partial charge is 0.137 e. The second-order valence-corrected chi connectivity index (χ2v) is 5.40. The van der Waals surface area contributed by atoms with Gasteiger partial charge in [-0.25, -0.2) is 4.39 Å². The standard InChI is InChI=1S/C12H18FNOS/c1-8(5-6-15)16-12-4-3-10(9(2)14)7-11(12)13/h3-4,7-9,15H,5-6,14H2,1-2H3/t8?,9-/m0/s1. The van der Waals surface area contributed by atoms with Crippen molar-refractivity contribution in [2.75, 3.05) is 6.61 Å². The van der Waals surface area contributed by atoms with Crippen molar-refractivity contribution < 1.29 is 9.50 Å². The first-order valence-electron chi connectivity index (χ1n) is 5.37. The average molecular weight is 243 g/mol. The molecule has 0 saturated carbocycles. The first-order valence-corrected chi connectivity index (χ1v) is 6.25. The van der Waals surface area contributed by atoms with Gasteiger partial charge in [0.25, 0.3) is 0 Å². The number of aliphatic hydroxyl groups is 1. The van der Waals surface area contributed by atoms with E-state index in [1.165, 1.54) is 17.8 Å². The Morgan fingerprint density at radius 3 is 2.62 bits per heavy atom. The summed E-state index contributed by atoms with van der Waals surface area (Å²) in [7, 11) is 0. The zero-order valence-corrected chi connectivity index (χ0v) is 10.4. The Morgan fingerprint density at radius 1 is 1.44 bits per heavy atom. The molecule has 0 heterocycles. The summed E-state index contributed by atoms with van der Waals surface area (Å²) < 4.78 is 13.7. The molecule has 4 heteroatoms. The van der Waals surface area contributed by atoms with Gasteiger partial charge in [-0.1, -0.05) is 13.0 Å². The van der Waals surface area contributed by atoms with Crippen LogP contribution in [0, 0.1) is 5.82 Å². The highest BCUT2D eigenvalue weighted by atomic mass is 32.2. The van der Waals surface area contributed by atoms with Gasteiger partial charge in [-0.15, -0.1) is 11.8 Å². The van der Waals surface area contributed by atoms with Gasteiger partial charge < -0.3 is 10.8 Å². The molecule has 0 aliphatic rings. The highest BCUT2D eigenvalue weighted by Gasteiger charge is 2.10. The van der Waals surface area contributed by atoms with Crippen molar-refractivity contribution in [1.82, 2.24) is 0 Å². The molecule has 16 heavy (non-hydrogen) atoms. The first kappa shape index (κ1) is 13.5. The number of nitrogens with two attached hydrogens (primary N) is 1. The van der Waals surface area contributed by atoms with Crippen molar-refractivity contribution in [2.45, 2.75) is 36.5 Å². The highest BCUT2D eigenvalue weighted by molar-refractivity contribution is 7.99. The molecule has 3 N–H and O–H groups in total. The van der Waals surface area contributed by atoms with Crippen LogP contribution in [-0.4, -0.2) is 17.0 Å². The maximum absolute atomic E-state index is 13.7. The molecule has 0 aliphatic heterocycles. The Bertz CT molecular complexity index is 344. The van der Waals surface area contributed by atoms with Gasteiger partial charge in [0.05, 0.1) is 0 Å². The molecule has 0 radical (unpaired) electrons. The predicted octanol–water partition coefficient (Wildman–Crippen LogP) is 2.71. The van der Waals surface area contributed by atoms with Crippen LogP contribution >= 0.6 is 11.8 Å². The quantitative estimate of drug-likeness (QED) is 0.782. The van der Waals surface area contributed by atoms with Crippen LogP contribution in [0.15, 0.2) is 23.1 Å². The third-order valence-corrected chi connectivity index (χ3v) is 3.57. The molecule has 0 fully saturated rings. The Kier molecular flexibility index (Phi) is 5.25. The maximum Gasteiger partial charge on any atom is 0.137 e. The molecular weight excluding hydrogens is 225 g/mol. The van der Waals surface area contributed by atoms with E-state index in [4.69, 9.17) is 10.8 Å². The Balaban J connectivity index is 2.75. The summed E-state index contributed by atoms with van der Waals surface area (Å²) in [5, 5.41) is 8.99. The van der Waals surface area contributed by atoms with E-state index in [9.17, 15) is 4.39 Å². The van der Waals surface area contributed by atoms with E-state index < -0.39 is 0 Å². The summed E-state index contributed by atoms with van der Waals surface area (Å²) in [4.78, 5) is 0.616. The van der Waals surface area contributed by atoms with Crippen molar-refractivity contribution in [2.24, 2.45) is 5.73 Å². The predicted molar refractivity (Wildman–Crippen MR) is 66.0 cm³/mol. The second-order valence-electron chi connectivity index (χ2n) is 3.92. The molecule has 0 aliphatic carbocycles. The van der Waals surface area contributed by atoms with Crippen molar-refractivity contribution in [1.29, 1.82) is 0 Å². The topological polar surface area (TPSA) is 46.2 Å². The van der Waals surface area contributed by atoms with Gasteiger partial charge in [0, 0.05) is 22.8 Å². The van der Waals surface area contributed by atoms with E-state index in [2.05, 4.69) is 0 Å². The number of halogens is 1. The Labute approximate surface area is 100 Å². The lowest BCUT2D eigenvalue weighted by molar-refractivity contribution is 0.289. The van der Waals surface area contributed by atoms with Crippen LogP contribution in [0.1, 0.15) is 31.9 Å². The second kappa shape index (κ2) is 6.23. The summed E-state index contributed by atoms with van der Waals surface area (Å²) in [5.74, 6) is -0.232. The third-order valence-electron chi connectivity index (χ3n) is 2.35. The molecule has 0 aromatic heterocycles. The number of rotatable bonds is 5. The minimum absolute atomic E-state index is 0.133. The molecule has 0 saturated heterocycles. The van der Waals surface area contributed by atoms with Crippen LogP contribution in [-0.2, 0) is 0 Å². The van der Waals surface area contributed by atoms with Crippen molar-refractivity contribution in [3.05, 3.63) is 29.6 Å². The monoisotopic (exact) mass is 243 g/mol. The zero-order valence-electron chi connectivity index (χ0n) is 9.61. The van der Waals surface area contributed by atoms with E-state index in [-0.39, 0.29) is 23.7 Å². The van der Waals surface area contributed by atoms with Gasteiger partial charge in [-0.2, -0.15) is 0 Å². The first-order chi connectivity index (χ1) is 7.54. The molecule has 0 amide bonds. The fraction of sp³-hybridized carbons (Fsp3) is 0.500. The number of aliphatic hydroxyl groups excluding tert-OH is 1. The van der Waals surface area contributed by atoms with Crippen LogP contribution in [0.3, 0.4) is 0 Å².